The van der Waals surface area contributed by atoms with Crippen LogP contribution in [0.5, 0.6) is 5.75 Å². The maximum absolute atomic E-state index is 5.44. The molecule has 0 aliphatic carbocycles. The van der Waals surface area contributed by atoms with E-state index in [4.69, 9.17) is 9.73 Å². The molecule has 2 aromatic heterocycles. The van der Waals surface area contributed by atoms with Gasteiger partial charge in [-0.25, -0.2) is 0 Å². The number of nitrogens with one attached hydrogen (secondary N) is 1. The number of nitrogens with zero attached hydrogens (tertiary/aromatic N) is 2. The summed E-state index contributed by atoms with van der Waals surface area (Å²) in [7, 11) is 1.70. The van der Waals surface area contributed by atoms with E-state index in [1.54, 1.807) is 13.3 Å². The van der Waals surface area contributed by atoms with Gasteiger partial charge in [-0.1, -0.05) is 12.1 Å². The molecule has 4 heteroatoms. The van der Waals surface area contributed by atoms with E-state index in [-0.39, 0.29) is 0 Å². The van der Waals surface area contributed by atoms with Crippen LogP contribution in [0.3, 0.4) is 0 Å². The lowest BCUT2D eigenvalue weighted by molar-refractivity contribution is 0.419. The van der Waals surface area contributed by atoms with Crippen molar-refractivity contribution < 1.29 is 4.74 Å². The number of aliphatic imine (C=N–C) groups is 1. The molecule has 3 heterocycles. The highest BCUT2D eigenvalue weighted by Gasteiger charge is 2.15. The van der Waals surface area contributed by atoms with Crippen LogP contribution in [0.4, 0.5) is 0 Å². The van der Waals surface area contributed by atoms with E-state index in [2.05, 4.69) is 28.2 Å². The Morgan fingerprint density at radius 3 is 3.00 bits per heavy atom. The minimum Gasteiger partial charge on any atom is -0.495 e. The molecule has 4 rings (SSSR count). The van der Waals surface area contributed by atoms with E-state index >= 15 is 0 Å². The monoisotopic (exact) mass is 317 g/mol. The largest absolute Gasteiger partial charge is 0.495 e. The fraction of sp³-hybridized carbons (Fsp3) is 0.200. The Balaban J connectivity index is 1.80. The molecule has 0 saturated carbocycles. The zero-order valence-corrected chi connectivity index (χ0v) is 13.6. The number of fused-ring (bicyclic) bond motifs is 1. The van der Waals surface area contributed by atoms with Gasteiger partial charge in [0, 0.05) is 41.6 Å². The molecule has 1 aliphatic heterocycles. The molecule has 0 radical (unpaired) electrons. The standard InChI is InChI=1S/C20H19N3O/c1-24-18-8-2-7-17-16(13-23-20(17)18)11-14-5-4-10-22-19(14)15-6-3-9-21-12-15/h2-3,6-9,11-13,23H,4-5,10H2,1H3/b14-11+. The third-order valence-electron chi connectivity index (χ3n) is 4.37. The molecule has 0 fully saturated rings. The molecule has 24 heavy (non-hydrogen) atoms. The molecule has 1 N–H and O–H groups in total. The Morgan fingerprint density at radius 2 is 2.17 bits per heavy atom. The molecule has 4 nitrogen and oxygen atoms in total. The van der Waals surface area contributed by atoms with E-state index in [0.29, 0.717) is 0 Å². The van der Waals surface area contributed by atoms with Crippen LogP contribution in [0.15, 0.2) is 59.5 Å². The summed E-state index contributed by atoms with van der Waals surface area (Å²) in [5, 5.41) is 1.16. The second-order valence-corrected chi connectivity index (χ2v) is 5.87. The summed E-state index contributed by atoms with van der Waals surface area (Å²) in [6, 6.07) is 10.1. The van der Waals surface area contributed by atoms with Crippen LogP contribution in [-0.2, 0) is 0 Å². The molecule has 0 atom stereocenters. The molecule has 3 aromatic rings. The number of ether oxygens (including phenoxy) is 1. The highest BCUT2D eigenvalue weighted by Crippen LogP contribution is 2.30. The minimum absolute atomic E-state index is 0.863. The lowest BCUT2D eigenvalue weighted by atomic mass is 9.95. The molecule has 0 saturated heterocycles. The quantitative estimate of drug-likeness (QED) is 0.785. The smallest absolute Gasteiger partial charge is 0.142 e. The summed E-state index contributed by atoms with van der Waals surface area (Å²) in [5.41, 5.74) is 5.60. The molecule has 0 amide bonds. The normalized spacial score (nSPS) is 16.4. The number of allylic oxidation sites excluding steroid dienone is 1. The lowest BCUT2D eigenvalue weighted by Gasteiger charge is -2.16. The number of aromatic amines is 1. The Kier molecular flexibility index (Phi) is 3.87. The van der Waals surface area contributed by atoms with E-state index < -0.39 is 0 Å². The summed E-state index contributed by atoms with van der Waals surface area (Å²) in [6.45, 7) is 0.878. The van der Waals surface area contributed by atoms with Gasteiger partial charge in [-0.15, -0.1) is 0 Å². The topological polar surface area (TPSA) is 50.3 Å². The number of aromatic nitrogens is 2. The maximum atomic E-state index is 5.44. The van der Waals surface area contributed by atoms with Crippen LogP contribution >= 0.6 is 0 Å². The van der Waals surface area contributed by atoms with Crippen molar-refractivity contribution >= 4 is 22.7 Å². The van der Waals surface area contributed by atoms with Crippen LogP contribution in [0, 0.1) is 0 Å². The zero-order valence-electron chi connectivity index (χ0n) is 13.6. The first kappa shape index (κ1) is 14.7. The zero-order chi connectivity index (χ0) is 16.4. The third kappa shape index (κ3) is 2.60. The molecule has 0 bridgehead atoms. The van der Waals surface area contributed by atoms with E-state index in [0.717, 1.165) is 52.9 Å². The van der Waals surface area contributed by atoms with Gasteiger partial charge in [0.1, 0.15) is 5.75 Å². The summed E-state index contributed by atoms with van der Waals surface area (Å²) in [4.78, 5) is 12.3. The number of methoxy groups -OCH3 is 1. The second-order valence-electron chi connectivity index (χ2n) is 5.87. The SMILES string of the molecule is COc1cccc2c(/C=C3\CCCN=C3c3cccnc3)c[nH]c12. The number of hydrogen-bond acceptors (Lipinski definition) is 3. The summed E-state index contributed by atoms with van der Waals surface area (Å²) in [5.74, 6) is 0.863. The number of benzene rings is 1. The van der Waals surface area contributed by atoms with Crippen molar-refractivity contribution in [3.05, 3.63) is 65.6 Å². The Labute approximate surface area is 140 Å². The van der Waals surface area contributed by atoms with Crippen LogP contribution in [0.2, 0.25) is 0 Å². The lowest BCUT2D eigenvalue weighted by Crippen LogP contribution is -2.11. The average molecular weight is 317 g/mol. The van der Waals surface area contributed by atoms with Gasteiger partial charge in [-0.2, -0.15) is 0 Å². The third-order valence-corrected chi connectivity index (χ3v) is 4.37. The van der Waals surface area contributed by atoms with Gasteiger partial charge >= 0.3 is 0 Å². The van der Waals surface area contributed by atoms with E-state index in [9.17, 15) is 0 Å². The van der Waals surface area contributed by atoms with Gasteiger partial charge in [0.25, 0.3) is 0 Å². The van der Waals surface area contributed by atoms with Gasteiger partial charge in [0.2, 0.25) is 0 Å². The first-order valence-electron chi connectivity index (χ1n) is 8.16. The fourth-order valence-electron chi connectivity index (χ4n) is 3.23. The van der Waals surface area contributed by atoms with Crippen LogP contribution in [-0.4, -0.2) is 29.3 Å². The molecule has 0 spiro atoms. The molecular formula is C20H19N3O. The number of para-hydroxylation sites is 1. The van der Waals surface area contributed by atoms with Crippen molar-refractivity contribution in [1.82, 2.24) is 9.97 Å². The van der Waals surface area contributed by atoms with Crippen molar-refractivity contribution in [2.45, 2.75) is 12.8 Å². The average Bonchev–Trinajstić information content (AvgIpc) is 3.06. The van der Waals surface area contributed by atoms with Crippen molar-refractivity contribution in [2.75, 3.05) is 13.7 Å². The van der Waals surface area contributed by atoms with Crippen molar-refractivity contribution in [3.63, 3.8) is 0 Å². The van der Waals surface area contributed by atoms with Gasteiger partial charge in [-0.05, 0) is 42.7 Å². The summed E-state index contributed by atoms with van der Waals surface area (Å²) < 4.78 is 5.44. The first-order valence-corrected chi connectivity index (χ1v) is 8.16. The van der Waals surface area contributed by atoms with Gasteiger partial charge < -0.3 is 9.72 Å². The van der Waals surface area contributed by atoms with Gasteiger partial charge in [0.05, 0.1) is 18.3 Å². The highest BCUT2D eigenvalue weighted by molar-refractivity contribution is 6.15. The fourth-order valence-corrected chi connectivity index (χ4v) is 3.23. The van der Waals surface area contributed by atoms with Crippen molar-refractivity contribution in [3.8, 4) is 5.75 Å². The van der Waals surface area contributed by atoms with E-state index in [1.807, 2.05) is 30.6 Å². The number of rotatable bonds is 3. The maximum Gasteiger partial charge on any atom is 0.142 e. The van der Waals surface area contributed by atoms with Crippen LogP contribution in [0.25, 0.3) is 17.0 Å². The predicted octanol–water partition coefficient (Wildman–Crippen LogP) is 4.24. The molecule has 1 aliphatic rings. The summed E-state index contributed by atoms with van der Waals surface area (Å²) >= 11 is 0. The molecular weight excluding hydrogens is 298 g/mol. The molecule has 120 valence electrons. The Hall–Kier alpha value is -2.88. The second kappa shape index (κ2) is 6.32. The number of H-pyrrole nitrogens is 1. The van der Waals surface area contributed by atoms with E-state index in [1.165, 1.54) is 5.57 Å². The molecule has 0 unspecified atom stereocenters. The molecule has 1 aromatic carbocycles. The van der Waals surface area contributed by atoms with Crippen molar-refractivity contribution in [2.24, 2.45) is 4.99 Å². The Morgan fingerprint density at radius 1 is 1.21 bits per heavy atom. The summed E-state index contributed by atoms with van der Waals surface area (Å²) in [6.07, 6.45) is 10.1. The van der Waals surface area contributed by atoms with Crippen LogP contribution in [0.1, 0.15) is 24.0 Å². The van der Waals surface area contributed by atoms with Gasteiger partial charge in [0.15, 0.2) is 0 Å². The van der Waals surface area contributed by atoms with Gasteiger partial charge in [-0.3, -0.25) is 9.98 Å². The Bertz CT molecular complexity index is 922. The first-order chi connectivity index (χ1) is 11.9. The number of hydrogen-bond donors (Lipinski definition) is 1. The predicted molar refractivity (Wildman–Crippen MR) is 97.7 cm³/mol. The highest BCUT2D eigenvalue weighted by atomic mass is 16.5. The van der Waals surface area contributed by atoms with Crippen LogP contribution < -0.4 is 4.74 Å². The minimum atomic E-state index is 0.863. The number of pyridine rings is 1. The van der Waals surface area contributed by atoms with Crippen molar-refractivity contribution in [1.29, 1.82) is 0 Å².